The van der Waals surface area contributed by atoms with Crippen molar-refractivity contribution in [1.82, 2.24) is 0 Å². The smallest absolute Gasteiger partial charge is 0.151 e. The molecule has 0 aliphatic rings. The van der Waals surface area contributed by atoms with Crippen LogP contribution in [0.5, 0.6) is 0 Å². The normalized spacial score (nSPS) is 21.1. The largest absolute Gasteiger partial charge is 0.394 e. The van der Waals surface area contributed by atoms with Crippen LogP contribution in [0.25, 0.3) is 0 Å². The Morgan fingerprint density at radius 1 is 1.08 bits per heavy atom. The highest BCUT2D eigenvalue weighted by Gasteiger charge is 2.29. The summed E-state index contributed by atoms with van der Waals surface area (Å²) in [5.74, 6) is 0. The SMILES string of the molecule is O=CC(O)[C@@H](O)[C@H](O)[C@H](O)CO. The number of aliphatic hydroxyl groups is 5. The molecular weight excluding hydrogens is 168 g/mol. The molecule has 0 aliphatic carbocycles. The molecule has 12 heavy (non-hydrogen) atoms. The highest BCUT2D eigenvalue weighted by Crippen LogP contribution is 2.02. The summed E-state index contributed by atoms with van der Waals surface area (Å²) < 4.78 is 0. The van der Waals surface area contributed by atoms with Crippen LogP contribution in [0.3, 0.4) is 0 Å². The molecule has 0 saturated heterocycles. The van der Waals surface area contributed by atoms with Crippen molar-refractivity contribution in [3.63, 3.8) is 0 Å². The summed E-state index contributed by atoms with van der Waals surface area (Å²) in [7, 11) is 0. The minimum atomic E-state index is -1.79. The molecule has 0 radical (unpaired) electrons. The summed E-state index contributed by atoms with van der Waals surface area (Å²) in [5, 5.41) is 43.5. The zero-order chi connectivity index (χ0) is 9.72. The number of hydrogen-bond donors (Lipinski definition) is 5. The number of carbonyl (C=O) groups is 1. The van der Waals surface area contributed by atoms with E-state index in [2.05, 4.69) is 0 Å². The van der Waals surface area contributed by atoms with Crippen LogP contribution in [0.15, 0.2) is 0 Å². The molecule has 0 spiro atoms. The van der Waals surface area contributed by atoms with Crippen LogP contribution in [0, 0.1) is 0 Å². The molecule has 0 aromatic rings. The van der Waals surface area contributed by atoms with Crippen LogP contribution >= 0.6 is 0 Å². The fraction of sp³-hybridized carbons (Fsp3) is 0.833. The lowest BCUT2D eigenvalue weighted by Crippen LogP contribution is -2.46. The van der Waals surface area contributed by atoms with Crippen molar-refractivity contribution >= 4 is 6.29 Å². The van der Waals surface area contributed by atoms with E-state index >= 15 is 0 Å². The first-order valence-electron chi connectivity index (χ1n) is 3.33. The first-order valence-corrected chi connectivity index (χ1v) is 3.33. The fourth-order valence-electron chi connectivity index (χ4n) is 0.618. The average Bonchev–Trinajstić information content (AvgIpc) is 2.12. The van der Waals surface area contributed by atoms with Crippen molar-refractivity contribution in [2.45, 2.75) is 24.4 Å². The molecule has 0 aromatic heterocycles. The molecule has 6 nitrogen and oxygen atoms in total. The molecule has 0 rings (SSSR count). The number of carbonyl (C=O) groups excluding carboxylic acids is 1. The van der Waals surface area contributed by atoms with Gasteiger partial charge in [-0.2, -0.15) is 0 Å². The standard InChI is InChI=1S/C6H12O6/c7-1-3(9)5(11)6(12)4(10)2-8/h1,3-6,8-12H,2H2/t3?,4-,5-,6-/m1/s1. The Morgan fingerprint density at radius 2 is 1.58 bits per heavy atom. The van der Waals surface area contributed by atoms with Gasteiger partial charge in [0.2, 0.25) is 0 Å². The fourth-order valence-corrected chi connectivity index (χ4v) is 0.618. The van der Waals surface area contributed by atoms with Crippen molar-refractivity contribution in [3.8, 4) is 0 Å². The number of aldehydes is 1. The van der Waals surface area contributed by atoms with E-state index in [-0.39, 0.29) is 6.29 Å². The Hall–Kier alpha value is -0.530. The molecule has 0 aliphatic heterocycles. The van der Waals surface area contributed by atoms with Crippen LogP contribution in [0.2, 0.25) is 0 Å². The second kappa shape index (κ2) is 5.18. The highest BCUT2D eigenvalue weighted by atomic mass is 16.4. The van der Waals surface area contributed by atoms with Gasteiger partial charge in [-0.05, 0) is 0 Å². The molecule has 6 heteroatoms. The van der Waals surface area contributed by atoms with Gasteiger partial charge in [0.15, 0.2) is 6.29 Å². The van der Waals surface area contributed by atoms with Gasteiger partial charge in [-0.25, -0.2) is 0 Å². The summed E-state index contributed by atoms with van der Waals surface area (Å²) in [4.78, 5) is 9.90. The van der Waals surface area contributed by atoms with Crippen LogP contribution in [-0.2, 0) is 4.79 Å². The molecular formula is C6H12O6. The van der Waals surface area contributed by atoms with Gasteiger partial charge in [0.1, 0.15) is 24.4 Å². The zero-order valence-electron chi connectivity index (χ0n) is 6.24. The van der Waals surface area contributed by atoms with Crippen molar-refractivity contribution in [2.24, 2.45) is 0 Å². The third kappa shape index (κ3) is 2.84. The molecule has 4 atom stereocenters. The lowest BCUT2D eigenvalue weighted by molar-refractivity contribution is -0.136. The van der Waals surface area contributed by atoms with Crippen LogP contribution < -0.4 is 0 Å². The van der Waals surface area contributed by atoms with Crippen molar-refractivity contribution in [1.29, 1.82) is 0 Å². The van der Waals surface area contributed by atoms with Gasteiger partial charge < -0.3 is 30.3 Å². The van der Waals surface area contributed by atoms with Gasteiger partial charge in [0, 0.05) is 0 Å². The molecule has 1 unspecified atom stereocenters. The van der Waals surface area contributed by atoms with Crippen LogP contribution in [0.4, 0.5) is 0 Å². The van der Waals surface area contributed by atoms with Crippen molar-refractivity contribution in [2.75, 3.05) is 6.61 Å². The second-order valence-corrected chi connectivity index (χ2v) is 2.36. The average molecular weight is 180 g/mol. The Kier molecular flexibility index (Phi) is 4.95. The van der Waals surface area contributed by atoms with E-state index in [1.165, 1.54) is 0 Å². The van der Waals surface area contributed by atoms with E-state index in [9.17, 15) is 4.79 Å². The van der Waals surface area contributed by atoms with Crippen molar-refractivity contribution in [3.05, 3.63) is 0 Å². The molecule has 0 saturated carbocycles. The molecule has 5 N–H and O–H groups in total. The second-order valence-electron chi connectivity index (χ2n) is 2.36. The van der Waals surface area contributed by atoms with Gasteiger partial charge in [0.05, 0.1) is 6.61 Å². The van der Waals surface area contributed by atoms with E-state index in [0.29, 0.717) is 0 Å². The van der Waals surface area contributed by atoms with E-state index in [0.717, 1.165) is 0 Å². The first kappa shape index (κ1) is 11.5. The maximum absolute atomic E-state index is 9.90. The summed E-state index contributed by atoms with van der Waals surface area (Å²) in [6.45, 7) is -0.760. The molecule has 0 heterocycles. The molecule has 0 aromatic carbocycles. The molecule has 0 bridgehead atoms. The third-order valence-electron chi connectivity index (χ3n) is 1.42. The van der Waals surface area contributed by atoms with Crippen LogP contribution in [0.1, 0.15) is 0 Å². The summed E-state index contributed by atoms with van der Waals surface area (Å²) in [6.07, 6.45) is -6.84. The summed E-state index contributed by atoms with van der Waals surface area (Å²) in [5.41, 5.74) is 0. The lowest BCUT2D eigenvalue weighted by atomic mass is 10.0. The summed E-state index contributed by atoms with van der Waals surface area (Å²) >= 11 is 0. The van der Waals surface area contributed by atoms with Gasteiger partial charge in [0.25, 0.3) is 0 Å². The predicted molar refractivity (Wildman–Crippen MR) is 37.2 cm³/mol. The van der Waals surface area contributed by atoms with Crippen LogP contribution in [-0.4, -0.2) is 62.8 Å². The number of aliphatic hydroxyl groups excluding tert-OH is 5. The number of hydrogen-bond acceptors (Lipinski definition) is 6. The van der Waals surface area contributed by atoms with E-state index < -0.39 is 31.0 Å². The van der Waals surface area contributed by atoms with E-state index in [1.54, 1.807) is 0 Å². The maximum atomic E-state index is 9.90. The topological polar surface area (TPSA) is 118 Å². The number of rotatable bonds is 5. The molecule has 0 fully saturated rings. The summed E-state index contributed by atoms with van der Waals surface area (Å²) in [6, 6.07) is 0. The zero-order valence-corrected chi connectivity index (χ0v) is 6.24. The van der Waals surface area contributed by atoms with E-state index in [4.69, 9.17) is 25.5 Å². The minimum absolute atomic E-state index is 0.0258. The predicted octanol–water partition coefficient (Wildman–Crippen LogP) is -3.38. The van der Waals surface area contributed by atoms with E-state index in [1.807, 2.05) is 0 Å². The first-order chi connectivity index (χ1) is 5.54. The minimum Gasteiger partial charge on any atom is -0.394 e. The van der Waals surface area contributed by atoms with Gasteiger partial charge in [-0.15, -0.1) is 0 Å². The molecule has 72 valence electrons. The Labute approximate surface area is 68.7 Å². The molecule has 0 amide bonds. The third-order valence-corrected chi connectivity index (χ3v) is 1.42. The highest BCUT2D eigenvalue weighted by molar-refractivity contribution is 5.56. The lowest BCUT2D eigenvalue weighted by Gasteiger charge is -2.22. The Morgan fingerprint density at radius 3 is 1.92 bits per heavy atom. The quantitative estimate of drug-likeness (QED) is 0.282. The van der Waals surface area contributed by atoms with Gasteiger partial charge in [-0.1, -0.05) is 0 Å². The Bertz CT molecular complexity index is 138. The monoisotopic (exact) mass is 180 g/mol. The van der Waals surface area contributed by atoms with Crippen molar-refractivity contribution < 1.29 is 30.3 Å². The van der Waals surface area contributed by atoms with Gasteiger partial charge in [-0.3, -0.25) is 0 Å². The maximum Gasteiger partial charge on any atom is 0.151 e. The van der Waals surface area contributed by atoms with Gasteiger partial charge >= 0.3 is 0 Å². The Balaban J connectivity index is 4.07.